The first kappa shape index (κ1) is 32.3. The van der Waals surface area contributed by atoms with Crippen LogP contribution in [0.3, 0.4) is 0 Å². The van der Waals surface area contributed by atoms with Crippen LogP contribution in [0.15, 0.2) is 72.8 Å². The number of halogens is 3. The van der Waals surface area contributed by atoms with Crippen LogP contribution in [0.4, 0.5) is 0 Å². The maximum atomic E-state index is 11.5. The third-order valence-corrected chi connectivity index (χ3v) is 6.73. The molecule has 0 fully saturated rings. The summed E-state index contributed by atoms with van der Waals surface area (Å²) in [6.07, 6.45) is 0. The summed E-state index contributed by atoms with van der Waals surface area (Å²) in [6, 6.07) is 22.1. The number of ether oxygens (including phenoxy) is 1. The van der Waals surface area contributed by atoms with Gasteiger partial charge in [-0.15, -0.1) is 0 Å². The lowest BCUT2D eigenvalue weighted by atomic mass is 10.1. The molecule has 0 aliphatic carbocycles. The number of aromatic hydroxyl groups is 1. The molecule has 0 atom stereocenters. The van der Waals surface area contributed by atoms with E-state index in [1.165, 1.54) is 25.0 Å². The highest BCUT2D eigenvalue weighted by atomic mass is 127. The molecular formula is C32H31Cl2IO4. The van der Waals surface area contributed by atoms with Gasteiger partial charge >= 0.3 is 0 Å². The van der Waals surface area contributed by atoms with Crippen LogP contribution in [0.1, 0.15) is 56.8 Å². The van der Waals surface area contributed by atoms with Crippen LogP contribution in [-0.2, 0) is 0 Å². The minimum atomic E-state index is -0.0376. The minimum absolute atomic E-state index is 0.0221. The van der Waals surface area contributed by atoms with Crippen molar-refractivity contribution >= 4 is 57.4 Å². The molecule has 0 bridgehead atoms. The van der Waals surface area contributed by atoms with Gasteiger partial charge in [-0.25, -0.2) is 0 Å². The lowest BCUT2D eigenvalue weighted by Gasteiger charge is -2.10. The summed E-state index contributed by atoms with van der Waals surface area (Å²) in [7, 11) is 0. The Kier molecular flexibility index (Phi) is 12.5. The average molecular weight is 677 g/mol. The fraction of sp³-hybridized carbons (Fsp3) is 0.188. The van der Waals surface area contributed by atoms with Crippen molar-refractivity contribution in [3.63, 3.8) is 0 Å². The zero-order chi connectivity index (χ0) is 29.3. The van der Waals surface area contributed by atoms with Crippen molar-refractivity contribution in [1.82, 2.24) is 0 Å². The second kappa shape index (κ2) is 15.1. The van der Waals surface area contributed by atoms with Crippen molar-refractivity contribution in [2.75, 3.05) is 0 Å². The molecule has 204 valence electrons. The summed E-state index contributed by atoms with van der Waals surface area (Å²) in [6.45, 7) is 10.8. The molecule has 0 unspecified atom stereocenters. The van der Waals surface area contributed by atoms with Gasteiger partial charge < -0.3 is 9.84 Å². The number of rotatable bonds is 4. The van der Waals surface area contributed by atoms with Crippen LogP contribution in [0, 0.1) is 31.3 Å². The van der Waals surface area contributed by atoms with Gasteiger partial charge in [0.1, 0.15) is 17.2 Å². The number of phenols is 1. The Morgan fingerprint density at radius 3 is 1.51 bits per heavy atom. The number of carbonyl (C=O) groups is 2. The number of hydrogen-bond acceptors (Lipinski definition) is 4. The van der Waals surface area contributed by atoms with Crippen LogP contribution in [0.2, 0.25) is 10.0 Å². The quantitative estimate of drug-likeness (QED) is 0.173. The van der Waals surface area contributed by atoms with Gasteiger partial charge in [-0.1, -0.05) is 58.6 Å². The molecule has 0 aliphatic heterocycles. The number of carbonyl (C=O) groups excluding carboxylic acids is 2. The van der Waals surface area contributed by atoms with E-state index in [1.54, 1.807) is 24.3 Å². The molecule has 0 amide bonds. The standard InChI is InChI=1S/C16H15ClO2.C9H8ClIO.C7H8O/c1-10-4-6-13(7-5-10)19-14-8-11(2)16(12(3)18)15(17)9-14;1-5-3-7(11)4-8(10)9(5)6(2)12;1-6-2-4-7(8)5-3-6/h4-9H,1-3H3;3-4H,1-2H3;2-5,8H,1H3. The second-order valence-corrected chi connectivity index (χ2v) is 11.1. The van der Waals surface area contributed by atoms with E-state index >= 15 is 0 Å². The molecule has 0 radical (unpaired) electrons. The van der Waals surface area contributed by atoms with E-state index in [0.717, 1.165) is 20.4 Å². The van der Waals surface area contributed by atoms with Gasteiger partial charge in [0.25, 0.3) is 0 Å². The predicted octanol–water partition coefficient (Wildman–Crippen LogP) is 10.1. The highest BCUT2D eigenvalue weighted by molar-refractivity contribution is 14.1. The molecule has 4 rings (SSSR count). The number of phenolic OH excluding ortho intramolecular Hbond substituents is 1. The first-order chi connectivity index (χ1) is 18.3. The Morgan fingerprint density at radius 2 is 1.10 bits per heavy atom. The predicted molar refractivity (Wildman–Crippen MR) is 169 cm³/mol. The van der Waals surface area contributed by atoms with Crippen molar-refractivity contribution in [1.29, 1.82) is 0 Å². The summed E-state index contributed by atoms with van der Waals surface area (Å²) in [5.74, 6) is 1.70. The fourth-order valence-corrected chi connectivity index (χ4v) is 5.40. The van der Waals surface area contributed by atoms with Crippen molar-refractivity contribution < 1.29 is 19.4 Å². The first-order valence-corrected chi connectivity index (χ1v) is 13.9. The van der Waals surface area contributed by atoms with Crippen molar-refractivity contribution in [3.8, 4) is 17.2 Å². The van der Waals surface area contributed by atoms with Crippen LogP contribution in [0.5, 0.6) is 17.2 Å². The molecule has 0 saturated carbocycles. The molecule has 7 heteroatoms. The fourth-order valence-electron chi connectivity index (χ4n) is 3.65. The zero-order valence-corrected chi connectivity index (χ0v) is 26.4. The van der Waals surface area contributed by atoms with E-state index in [4.69, 9.17) is 33.0 Å². The number of hydrogen-bond donors (Lipinski definition) is 1. The van der Waals surface area contributed by atoms with Gasteiger partial charge in [0.05, 0.1) is 10.0 Å². The summed E-state index contributed by atoms with van der Waals surface area (Å²) < 4.78 is 6.79. The number of benzene rings is 4. The molecule has 4 aromatic rings. The van der Waals surface area contributed by atoms with Gasteiger partial charge in [-0.05, 0) is 118 Å². The van der Waals surface area contributed by atoms with Gasteiger partial charge in [-0.2, -0.15) is 0 Å². The van der Waals surface area contributed by atoms with Crippen molar-refractivity contribution in [3.05, 3.63) is 120 Å². The smallest absolute Gasteiger partial charge is 0.161 e. The first-order valence-electron chi connectivity index (χ1n) is 12.1. The molecule has 4 aromatic carbocycles. The monoisotopic (exact) mass is 676 g/mol. The second-order valence-electron chi connectivity index (χ2n) is 9.04. The Hall–Kier alpha value is -2.87. The largest absolute Gasteiger partial charge is 0.508 e. The molecule has 1 N–H and O–H groups in total. The van der Waals surface area contributed by atoms with E-state index < -0.39 is 0 Å². The van der Waals surface area contributed by atoms with Crippen LogP contribution >= 0.6 is 45.8 Å². The number of Topliss-reactive ketones (excluding diaryl/α,β-unsaturated/α-hetero) is 2. The summed E-state index contributed by atoms with van der Waals surface area (Å²) in [4.78, 5) is 22.6. The summed E-state index contributed by atoms with van der Waals surface area (Å²) in [5, 5.41) is 9.73. The van der Waals surface area contributed by atoms with E-state index in [-0.39, 0.29) is 11.6 Å². The molecule has 4 nitrogen and oxygen atoms in total. The average Bonchev–Trinajstić information content (AvgIpc) is 2.82. The molecule has 0 aliphatic rings. The van der Waals surface area contributed by atoms with E-state index in [1.807, 2.05) is 76.2 Å². The molecule has 0 heterocycles. The van der Waals surface area contributed by atoms with Gasteiger partial charge in [0.2, 0.25) is 0 Å². The molecule has 0 saturated heterocycles. The molecule has 39 heavy (non-hydrogen) atoms. The van der Waals surface area contributed by atoms with Crippen LogP contribution < -0.4 is 4.74 Å². The number of ketones is 2. The Balaban J connectivity index is 0.000000227. The van der Waals surface area contributed by atoms with Crippen LogP contribution in [0.25, 0.3) is 0 Å². The summed E-state index contributed by atoms with van der Waals surface area (Å²) >= 11 is 14.2. The topological polar surface area (TPSA) is 63.6 Å². The maximum absolute atomic E-state index is 11.5. The zero-order valence-electron chi connectivity index (χ0n) is 22.7. The summed E-state index contributed by atoms with van der Waals surface area (Å²) in [5.41, 5.74) is 5.30. The minimum Gasteiger partial charge on any atom is -0.508 e. The van der Waals surface area contributed by atoms with Gasteiger partial charge in [0.15, 0.2) is 11.6 Å². The lowest BCUT2D eigenvalue weighted by Crippen LogP contribution is -1.98. The van der Waals surface area contributed by atoms with E-state index in [2.05, 4.69) is 22.6 Å². The molecular weight excluding hydrogens is 646 g/mol. The van der Waals surface area contributed by atoms with Gasteiger partial charge in [-0.3, -0.25) is 9.59 Å². The normalized spacial score (nSPS) is 9.97. The Labute approximate surface area is 254 Å². The lowest BCUT2D eigenvalue weighted by molar-refractivity contribution is 0.100. The highest BCUT2D eigenvalue weighted by Gasteiger charge is 2.12. The third kappa shape index (κ3) is 10.3. The van der Waals surface area contributed by atoms with Crippen LogP contribution in [-0.4, -0.2) is 16.7 Å². The SMILES string of the molecule is CC(=O)c1c(C)cc(I)cc1Cl.CC(=O)c1c(C)cc(Oc2ccc(C)cc2)cc1Cl.Cc1ccc(O)cc1. The molecule has 0 aromatic heterocycles. The van der Waals surface area contributed by atoms with Gasteiger partial charge in [0, 0.05) is 20.8 Å². The molecule has 0 spiro atoms. The van der Waals surface area contributed by atoms with Crippen molar-refractivity contribution in [2.45, 2.75) is 41.5 Å². The van der Waals surface area contributed by atoms with E-state index in [9.17, 15) is 9.59 Å². The van der Waals surface area contributed by atoms with E-state index in [0.29, 0.717) is 32.7 Å². The van der Waals surface area contributed by atoms with Crippen molar-refractivity contribution in [2.24, 2.45) is 0 Å². The third-order valence-electron chi connectivity index (χ3n) is 5.51. The number of aryl methyl sites for hydroxylation is 4. The Morgan fingerprint density at radius 1 is 0.667 bits per heavy atom. The highest BCUT2D eigenvalue weighted by Crippen LogP contribution is 2.30. The maximum Gasteiger partial charge on any atom is 0.161 e. The Bertz CT molecular complexity index is 1380.